The molecule has 0 saturated carbocycles. The Bertz CT molecular complexity index is 1160. The van der Waals surface area contributed by atoms with Crippen LogP contribution in [-0.4, -0.2) is 30.3 Å². The van der Waals surface area contributed by atoms with Gasteiger partial charge in [0, 0.05) is 12.3 Å². The second-order valence-electron chi connectivity index (χ2n) is 11.3. The minimum atomic E-state index is -0.599. The van der Waals surface area contributed by atoms with Crippen LogP contribution in [0.1, 0.15) is 36.1 Å². The van der Waals surface area contributed by atoms with Gasteiger partial charge in [-0.2, -0.15) is 0 Å². The van der Waals surface area contributed by atoms with E-state index in [2.05, 4.69) is 139 Å². The SMILES string of the molecule is Cc1ccc(P(C[C@@H]2OC(C)(C)O[C@H]2CP(c2ccc(C)cc2)c2ccc(C)cc2)c2ccc(C)cc2)cc1. The van der Waals surface area contributed by atoms with E-state index in [0.717, 1.165) is 12.3 Å². The molecule has 1 heterocycles. The molecule has 0 spiro atoms. The van der Waals surface area contributed by atoms with Crippen LogP contribution in [0.2, 0.25) is 0 Å². The number of ether oxygens (including phenoxy) is 2. The van der Waals surface area contributed by atoms with Gasteiger partial charge in [-0.3, -0.25) is 0 Å². The molecule has 0 N–H and O–H groups in total. The molecule has 1 saturated heterocycles. The Morgan fingerprint density at radius 3 is 0.923 bits per heavy atom. The zero-order chi connectivity index (χ0) is 27.6. The predicted octanol–water partition coefficient (Wildman–Crippen LogP) is 7.01. The monoisotopic (exact) mass is 554 g/mol. The minimum Gasteiger partial charge on any atom is -0.344 e. The molecular weight excluding hydrogens is 514 g/mol. The first kappa shape index (κ1) is 28.2. The van der Waals surface area contributed by atoms with Crippen LogP contribution >= 0.6 is 15.8 Å². The molecule has 0 aromatic heterocycles. The third-order valence-corrected chi connectivity index (χ3v) is 12.5. The van der Waals surface area contributed by atoms with E-state index in [0.29, 0.717) is 0 Å². The third-order valence-electron chi connectivity index (χ3n) is 7.39. The second-order valence-corrected chi connectivity index (χ2v) is 15.8. The van der Waals surface area contributed by atoms with Gasteiger partial charge < -0.3 is 9.47 Å². The maximum Gasteiger partial charge on any atom is 0.163 e. The van der Waals surface area contributed by atoms with Crippen molar-refractivity contribution in [3.05, 3.63) is 119 Å². The first-order valence-corrected chi connectivity index (χ1v) is 16.9. The summed E-state index contributed by atoms with van der Waals surface area (Å²) in [7, 11) is -1.19. The van der Waals surface area contributed by atoms with Crippen molar-refractivity contribution in [2.24, 2.45) is 0 Å². The number of aryl methyl sites for hydroxylation is 4. The van der Waals surface area contributed by atoms with Crippen LogP contribution in [0.5, 0.6) is 0 Å². The Kier molecular flexibility index (Phi) is 8.70. The van der Waals surface area contributed by atoms with Gasteiger partial charge in [0.1, 0.15) is 0 Å². The summed E-state index contributed by atoms with van der Waals surface area (Å²) in [6.45, 7) is 12.8. The highest BCUT2D eigenvalue weighted by molar-refractivity contribution is 7.73. The van der Waals surface area contributed by atoms with Crippen LogP contribution in [0.15, 0.2) is 97.1 Å². The summed E-state index contributed by atoms with van der Waals surface area (Å²) < 4.78 is 13.4. The number of benzene rings is 4. The molecule has 0 aliphatic carbocycles. The average Bonchev–Trinajstić information content (AvgIpc) is 3.21. The van der Waals surface area contributed by atoms with Crippen molar-refractivity contribution < 1.29 is 9.47 Å². The molecule has 4 heteroatoms. The molecular formula is C35H40O2P2. The van der Waals surface area contributed by atoms with Crippen LogP contribution in [0.4, 0.5) is 0 Å². The van der Waals surface area contributed by atoms with Crippen LogP contribution < -0.4 is 21.2 Å². The van der Waals surface area contributed by atoms with Crippen molar-refractivity contribution in [3.8, 4) is 0 Å². The molecule has 0 radical (unpaired) electrons. The summed E-state index contributed by atoms with van der Waals surface area (Å²) in [5, 5.41) is 5.58. The fourth-order valence-corrected chi connectivity index (χ4v) is 10.0. The van der Waals surface area contributed by atoms with Crippen LogP contribution in [0.3, 0.4) is 0 Å². The Morgan fingerprint density at radius 2 is 0.692 bits per heavy atom. The highest BCUT2D eigenvalue weighted by Gasteiger charge is 2.43. The summed E-state index contributed by atoms with van der Waals surface area (Å²) >= 11 is 0. The minimum absolute atomic E-state index is 0.0228. The molecule has 1 aliphatic rings. The number of hydrogen-bond donors (Lipinski definition) is 0. The standard InChI is InChI=1S/C35H40O2P2/c1-25-7-15-29(16-8-25)38(30-17-9-26(2)10-18-30)23-33-34(37-35(5,6)36-33)24-39(31-19-11-27(3)12-20-31)32-21-13-28(4)14-22-32/h7-22,33-34H,23-24H2,1-6H3/t33-,34-/m0/s1. The van der Waals surface area contributed by atoms with Gasteiger partial charge >= 0.3 is 0 Å². The first-order chi connectivity index (χ1) is 18.7. The average molecular weight is 555 g/mol. The summed E-state index contributed by atoms with van der Waals surface area (Å²) in [6.07, 6.45) is 1.94. The number of hydrogen-bond acceptors (Lipinski definition) is 2. The quantitative estimate of drug-likeness (QED) is 0.218. The molecule has 202 valence electrons. The smallest absolute Gasteiger partial charge is 0.163 e. The maximum absolute atomic E-state index is 6.70. The van der Waals surface area contributed by atoms with Crippen molar-refractivity contribution in [2.75, 3.05) is 12.3 Å². The molecule has 1 fully saturated rings. The van der Waals surface area contributed by atoms with E-state index in [4.69, 9.17) is 9.47 Å². The van der Waals surface area contributed by atoms with Gasteiger partial charge in [-0.25, -0.2) is 0 Å². The lowest BCUT2D eigenvalue weighted by molar-refractivity contribution is -0.142. The van der Waals surface area contributed by atoms with Gasteiger partial charge in [0.2, 0.25) is 0 Å². The van der Waals surface area contributed by atoms with Crippen LogP contribution in [0, 0.1) is 27.7 Å². The molecule has 4 aromatic rings. The highest BCUT2D eigenvalue weighted by atomic mass is 31.1. The fourth-order valence-electron chi connectivity index (χ4n) is 5.20. The van der Waals surface area contributed by atoms with E-state index < -0.39 is 21.6 Å². The molecule has 2 nitrogen and oxygen atoms in total. The third kappa shape index (κ3) is 7.06. The Labute approximate surface area is 237 Å². The zero-order valence-corrected chi connectivity index (χ0v) is 25.8. The lowest BCUT2D eigenvalue weighted by Gasteiger charge is -2.28. The predicted molar refractivity (Wildman–Crippen MR) is 171 cm³/mol. The lowest BCUT2D eigenvalue weighted by atomic mass is 10.2. The molecule has 39 heavy (non-hydrogen) atoms. The van der Waals surface area contributed by atoms with Gasteiger partial charge in [0.25, 0.3) is 0 Å². The molecule has 0 amide bonds. The van der Waals surface area contributed by atoms with Gasteiger partial charge in [-0.05, 0) is 78.6 Å². The Morgan fingerprint density at radius 1 is 0.462 bits per heavy atom. The topological polar surface area (TPSA) is 18.5 Å². The molecule has 4 aromatic carbocycles. The van der Waals surface area contributed by atoms with E-state index in [1.807, 2.05) is 0 Å². The molecule has 0 bridgehead atoms. The van der Waals surface area contributed by atoms with Gasteiger partial charge in [0.05, 0.1) is 12.2 Å². The lowest BCUT2D eigenvalue weighted by Crippen LogP contribution is -2.33. The van der Waals surface area contributed by atoms with Gasteiger partial charge in [-0.1, -0.05) is 119 Å². The second kappa shape index (κ2) is 12.0. The fraction of sp³-hybridized carbons (Fsp3) is 0.314. The van der Waals surface area contributed by atoms with E-state index in [-0.39, 0.29) is 12.2 Å². The van der Waals surface area contributed by atoms with Crippen molar-refractivity contribution in [1.82, 2.24) is 0 Å². The van der Waals surface area contributed by atoms with Gasteiger partial charge in [-0.15, -0.1) is 0 Å². The first-order valence-electron chi connectivity index (χ1n) is 13.8. The summed E-state index contributed by atoms with van der Waals surface area (Å²) in [4.78, 5) is 0. The molecule has 5 rings (SSSR count). The van der Waals surface area contributed by atoms with Crippen LogP contribution in [-0.2, 0) is 9.47 Å². The van der Waals surface area contributed by atoms with E-state index in [1.54, 1.807) is 0 Å². The normalized spacial score (nSPS) is 18.7. The highest BCUT2D eigenvalue weighted by Crippen LogP contribution is 2.44. The van der Waals surface area contributed by atoms with E-state index in [9.17, 15) is 0 Å². The zero-order valence-electron chi connectivity index (χ0n) is 24.0. The summed E-state index contributed by atoms with van der Waals surface area (Å²) in [5.74, 6) is -0.599. The van der Waals surface area contributed by atoms with Crippen molar-refractivity contribution in [2.45, 2.75) is 59.5 Å². The number of rotatable bonds is 8. The van der Waals surface area contributed by atoms with E-state index >= 15 is 0 Å². The van der Waals surface area contributed by atoms with E-state index in [1.165, 1.54) is 43.5 Å². The van der Waals surface area contributed by atoms with Crippen molar-refractivity contribution >= 4 is 37.1 Å². The summed E-state index contributed by atoms with van der Waals surface area (Å²) in [6, 6.07) is 36.4. The largest absolute Gasteiger partial charge is 0.344 e. The maximum atomic E-state index is 6.70. The molecule has 0 unspecified atom stereocenters. The Balaban J connectivity index is 1.48. The Hall–Kier alpha value is -2.34. The molecule has 1 aliphatic heterocycles. The summed E-state index contributed by atoms with van der Waals surface area (Å²) in [5.41, 5.74) is 5.16. The van der Waals surface area contributed by atoms with Crippen molar-refractivity contribution in [1.29, 1.82) is 0 Å². The molecule has 2 atom stereocenters. The van der Waals surface area contributed by atoms with Crippen molar-refractivity contribution in [3.63, 3.8) is 0 Å². The van der Waals surface area contributed by atoms with Gasteiger partial charge in [0.15, 0.2) is 5.79 Å². The van der Waals surface area contributed by atoms with Crippen LogP contribution in [0.25, 0.3) is 0 Å².